The van der Waals surface area contributed by atoms with Gasteiger partial charge in [-0.05, 0) is 43.6 Å². The van der Waals surface area contributed by atoms with Crippen LogP contribution in [0.4, 0.5) is 13.2 Å². The molecule has 1 atom stereocenters. The van der Waals surface area contributed by atoms with Gasteiger partial charge in [0.15, 0.2) is 0 Å². The van der Waals surface area contributed by atoms with Gasteiger partial charge in [0.2, 0.25) is 0 Å². The van der Waals surface area contributed by atoms with Crippen LogP contribution in [0.15, 0.2) is 54.7 Å². The number of hydrogen-bond acceptors (Lipinski definition) is 4. The lowest BCUT2D eigenvalue weighted by molar-refractivity contribution is -0.140. The van der Waals surface area contributed by atoms with Gasteiger partial charge in [0.05, 0.1) is 24.5 Å². The second kappa shape index (κ2) is 10.5. The van der Waals surface area contributed by atoms with Crippen LogP contribution in [-0.2, 0) is 12.7 Å². The maximum atomic E-state index is 13.6. The summed E-state index contributed by atoms with van der Waals surface area (Å²) >= 11 is 0. The zero-order valence-electron chi connectivity index (χ0n) is 19.9. The zero-order chi connectivity index (χ0) is 25.0. The number of aromatic amines is 2. The fourth-order valence-electron chi connectivity index (χ4n) is 3.81. The molecule has 2 heterocycles. The first-order valence-electron chi connectivity index (χ1n) is 11.6. The van der Waals surface area contributed by atoms with E-state index in [4.69, 9.17) is 0 Å². The minimum Gasteiger partial charge on any atom is -0.341 e. The lowest BCUT2D eigenvalue weighted by Gasteiger charge is -2.08. The molecule has 0 radical (unpaired) electrons. The standard InChI is InChI=1S/C26H29F3N6/c1-4-13-31-15-22-34-23(24(35-22)26(27,28)29)20-11-7-18(8-12-20)17-5-9-19(10-6-17)21-14-32-25(33-21)16(2)30-3/h5-12,14,16,30-31H,4,13,15H2,1-3H3,(H,32,33)(H,34,35)/t16-/m0/s1. The number of imidazole rings is 2. The Bertz CT molecular complexity index is 1240. The highest BCUT2D eigenvalue weighted by molar-refractivity contribution is 5.72. The Labute approximate surface area is 202 Å². The van der Waals surface area contributed by atoms with Gasteiger partial charge in [-0.3, -0.25) is 0 Å². The largest absolute Gasteiger partial charge is 0.433 e. The van der Waals surface area contributed by atoms with Crippen molar-refractivity contribution in [3.8, 4) is 33.6 Å². The molecule has 0 bridgehead atoms. The number of rotatable bonds is 9. The predicted octanol–water partition coefficient (Wildman–Crippen LogP) is 5.93. The van der Waals surface area contributed by atoms with Crippen molar-refractivity contribution in [2.75, 3.05) is 13.6 Å². The quantitative estimate of drug-likeness (QED) is 0.223. The monoisotopic (exact) mass is 482 g/mol. The lowest BCUT2D eigenvalue weighted by Crippen LogP contribution is -2.15. The molecule has 9 heteroatoms. The molecular weight excluding hydrogens is 453 g/mol. The summed E-state index contributed by atoms with van der Waals surface area (Å²) in [6, 6.07) is 15.1. The number of halogens is 3. The van der Waals surface area contributed by atoms with Crippen LogP contribution >= 0.6 is 0 Å². The van der Waals surface area contributed by atoms with Crippen molar-refractivity contribution in [2.45, 2.75) is 39.0 Å². The van der Waals surface area contributed by atoms with Crippen molar-refractivity contribution in [1.82, 2.24) is 30.6 Å². The third kappa shape index (κ3) is 5.63. The summed E-state index contributed by atoms with van der Waals surface area (Å²) in [7, 11) is 1.88. The molecule has 0 aliphatic rings. The van der Waals surface area contributed by atoms with Gasteiger partial charge in [-0.25, -0.2) is 9.97 Å². The van der Waals surface area contributed by atoms with E-state index in [-0.39, 0.29) is 24.1 Å². The van der Waals surface area contributed by atoms with Crippen LogP contribution in [0.2, 0.25) is 0 Å². The molecule has 2 aromatic carbocycles. The predicted molar refractivity (Wildman–Crippen MR) is 132 cm³/mol. The van der Waals surface area contributed by atoms with Gasteiger partial charge >= 0.3 is 6.18 Å². The average Bonchev–Trinajstić information content (AvgIpc) is 3.52. The summed E-state index contributed by atoms with van der Waals surface area (Å²) in [6.45, 7) is 4.99. The molecule has 0 amide bonds. The van der Waals surface area contributed by atoms with Gasteiger partial charge in [-0.2, -0.15) is 13.2 Å². The summed E-state index contributed by atoms with van der Waals surface area (Å²) < 4.78 is 40.9. The van der Waals surface area contributed by atoms with E-state index in [2.05, 4.69) is 30.6 Å². The molecule has 2 aromatic heterocycles. The summed E-state index contributed by atoms with van der Waals surface area (Å²) in [5, 5.41) is 6.23. The molecule has 0 aliphatic carbocycles. The van der Waals surface area contributed by atoms with E-state index >= 15 is 0 Å². The maximum Gasteiger partial charge on any atom is 0.433 e. The molecule has 0 spiro atoms. The Balaban J connectivity index is 1.55. The summed E-state index contributed by atoms with van der Waals surface area (Å²) in [5.41, 5.74) is 3.30. The minimum atomic E-state index is -4.52. The Morgan fingerprint density at radius 1 is 0.914 bits per heavy atom. The van der Waals surface area contributed by atoms with Gasteiger partial charge < -0.3 is 20.6 Å². The van der Waals surface area contributed by atoms with Crippen LogP contribution in [0.1, 0.15) is 43.7 Å². The Morgan fingerprint density at radius 2 is 1.51 bits per heavy atom. The molecule has 4 aromatic rings. The van der Waals surface area contributed by atoms with Gasteiger partial charge in [0.1, 0.15) is 23.0 Å². The number of nitrogens with zero attached hydrogens (tertiary/aromatic N) is 2. The fraction of sp³-hybridized carbons (Fsp3) is 0.308. The molecule has 4 N–H and O–H groups in total. The summed E-state index contributed by atoms with van der Waals surface area (Å²) in [4.78, 5) is 14.4. The fourth-order valence-corrected chi connectivity index (χ4v) is 3.81. The molecule has 4 rings (SSSR count). The highest BCUT2D eigenvalue weighted by Crippen LogP contribution is 2.36. The van der Waals surface area contributed by atoms with Crippen molar-refractivity contribution in [2.24, 2.45) is 0 Å². The first-order valence-corrected chi connectivity index (χ1v) is 11.6. The van der Waals surface area contributed by atoms with Crippen LogP contribution in [-0.4, -0.2) is 33.5 Å². The van der Waals surface area contributed by atoms with Gasteiger partial charge in [0.25, 0.3) is 0 Å². The summed E-state index contributed by atoms with van der Waals surface area (Å²) in [5.74, 6) is 1.13. The molecule has 0 unspecified atom stereocenters. The maximum absolute atomic E-state index is 13.6. The number of hydrogen-bond donors (Lipinski definition) is 4. The van der Waals surface area contributed by atoms with Crippen molar-refractivity contribution in [3.05, 3.63) is 72.1 Å². The third-order valence-corrected chi connectivity index (χ3v) is 5.88. The molecule has 6 nitrogen and oxygen atoms in total. The molecule has 0 fully saturated rings. The number of alkyl halides is 3. The Kier molecular flexibility index (Phi) is 7.37. The zero-order valence-corrected chi connectivity index (χ0v) is 19.9. The van der Waals surface area contributed by atoms with Gasteiger partial charge in [0, 0.05) is 5.56 Å². The number of nitrogens with one attached hydrogen (secondary N) is 4. The number of aromatic nitrogens is 4. The van der Waals surface area contributed by atoms with Crippen molar-refractivity contribution in [3.63, 3.8) is 0 Å². The van der Waals surface area contributed by atoms with E-state index in [9.17, 15) is 13.2 Å². The molecule has 0 saturated heterocycles. The first-order chi connectivity index (χ1) is 16.8. The lowest BCUT2D eigenvalue weighted by atomic mass is 10.0. The third-order valence-electron chi connectivity index (χ3n) is 5.88. The minimum absolute atomic E-state index is 0.0847. The first kappa shape index (κ1) is 24.7. The van der Waals surface area contributed by atoms with E-state index in [0.29, 0.717) is 12.1 Å². The highest BCUT2D eigenvalue weighted by Gasteiger charge is 2.37. The Morgan fingerprint density at radius 3 is 2.09 bits per heavy atom. The van der Waals surface area contributed by atoms with Crippen LogP contribution < -0.4 is 10.6 Å². The van der Waals surface area contributed by atoms with Gasteiger partial charge in [-0.15, -0.1) is 0 Å². The SMILES string of the molecule is CCCNCc1nc(-c2ccc(-c3ccc(-c4cnc([C@H](C)NC)[nH]4)cc3)cc2)c(C(F)(F)F)[nH]1. The summed E-state index contributed by atoms with van der Waals surface area (Å²) in [6.07, 6.45) is -1.82. The van der Waals surface area contributed by atoms with Crippen LogP contribution in [0.5, 0.6) is 0 Å². The number of H-pyrrole nitrogens is 2. The topological polar surface area (TPSA) is 81.4 Å². The van der Waals surface area contributed by atoms with Crippen molar-refractivity contribution in [1.29, 1.82) is 0 Å². The molecular formula is C26H29F3N6. The smallest absolute Gasteiger partial charge is 0.341 e. The van der Waals surface area contributed by atoms with Crippen molar-refractivity contribution >= 4 is 0 Å². The van der Waals surface area contributed by atoms with E-state index in [1.165, 1.54) is 0 Å². The van der Waals surface area contributed by atoms with Gasteiger partial charge in [-0.1, -0.05) is 55.5 Å². The average molecular weight is 483 g/mol. The molecule has 0 saturated carbocycles. The van der Waals surface area contributed by atoms with Crippen LogP contribution in [0.3, 0.4) is 0 Å². The molecule has 0 aliphatic heterocycles. The molecule has 184 valence electrons. The molecule has 35 heavy (non-hydrogen) atoms. The van der Waals surface area contributed by atoms with Crippen molar-refractivity contribution < 1.29 is 13.2 Å². The highest BCUT2D eigenvalue weighted by atomic mass is 19.4. The normalized spacial score (nSPS) is 12.7. The number of benzene rings is 2. The van der Waals surface area contributed by atoms with E-state index in [1.807, 2.05) is 57.3 Å². The second-order valence-electron chi connectivity index (χ2n) is 8.43. The second-order valence-corrected chi connectivity index (χ2v) is 8.43. The van der Waals surface area contributed by atoms with E-state index < -0.39 is 11.9 Å². The van der Waals surface area contributed by atoms with E-state index in [1.54, 1.807) is 18.3 Å². The van der Waals surface area contributed by atoms with Crippen LogP contribution in [0, 0.1) is 0 Å². The van der Waals surface area contributed by atoms with Crippen LogP contribution in [0.25, 0.3) is 33.6 Å². The Hall–Kier alpha value is -3.43. The van der Waals surface area contributed by atoms with E-state index in [0.717, 1.165) is 34.6 Å².